The van der Waals surface area contributed by atoms with Gasteiger partial charge in [-0.05, 0) is 19.1 Å². The molecule has 0 bridgehead atoms. The molecule has 0 aliphatic carbocycles. The maximum absolute atomic E-state index is 11.4. The molecule has 16 heavy (non-hydrogen) atoms. The number of hydrogen-bond donors (Lipinski definition) is 0. The van der Waals surface area contributed by atoms with Crippen LogP contribution in [-0.2, 0) is 14.3 Å². The van der Waals surface area contributed by atoms with Gasteiger partial charge in [-0.2, -0.15) is 0 Å². The number of esters is 2. The summed E-state index contributed by atoms with van der Waals surface area (Å²) in [6.07, 6.45) is 2.08. The predicted octanol–water partition coefficient (Wildman–Crippen LogP) is 1.92. The Balaban J connectivity index is 2.45. The zero-order valence-corrected chi connectivity index (χ0v) is 8.88. The zero-order valence-electron chi connectivity index (χ0n) is 8.88. The van der Waals surface area contributed by atoms with Crippen LogP contribution < -0.4 is 0 Å². The maximum atomic E-state index is 11.4. The van der Waals surface area contributed by atoms with Crippen LogP contribution in [0.1, 0.15) is 17.3 Å². The maximum Gasteiger partial charge on any atom is 0.342 e. The molecule has 1 aromatic carbocycles. The van der Waals surface area contributed by atoms with Crippen LogP contribution in [0.15, 0.2) is 42.7 Å². The van der Waals surface area contributed by atoms with Crippen molar-refractivity contribution >= 4 is 11.9 Å². The Morgan fingerprint density at radius 3 is 2.56 bits per heavy atom. The average Bonchev–Trinajstić information content (AvgIpc) is 2.30. The number of carbonyl (C=O) groups excluding carboxylic acids is 2. The summed E-state index contributed by atoms with van der Waals surface area (Å²) in [6, 6.07) is 8.50. The Kier molecular flexibility index (Phi) is 4.79. The molecule has 0 heterocycles. The molecule has 0 aromatic heterocycles. The topological polar surface area (TPSA) is 52.6 Å². The summed E-state index contributed by atoms with van der Waals surface area (Å²) in [7, 11) is 0. The van der Waals surface area contributed by atoms with Crippen molar-refractivity contribution in [1.82, 2.24) is 0 Å². The van der Waals surface area contributed by atoms with Crippen molar-refractivity contribution in [3.05, 3.63) is 48.2 Å². The van der Waals surface area contributed by atoms with E-state index in [-0.39, 0.29) is 6.61 Å². The quantitative estimate of drug-likeness (QED) is 0.442. The molecule has 0 saturated heterocycles. The van der Waals surface area contributed by atoms with Gasteiger partial charge in [0.2, 0.25) is 0 Å². The van der Waals surface area contributed by atoms with Gasteiger partial charge < -0.3 is 9.47 Å². The van der Waals surface area contributed by atoms with Crippen LogP contribution in [0.2, 0.25) is 0 Å². The second-order valence-electron chi connectivity index (χ2n) is 2.83. The number of ether oxygens (including phenoxy) is 2. The highest BCUT2D eigenvalue weighted by Crippen LogP contribution is 2.01. The molecule has 0 saturated carbocycles. The highest BCUT2D eigenvalue weighted by Gasteiger charge is 2.03. The van der Waals surface area contributed by atoms with E-state index in [1.165, 1.54) is 0 Å². The van der Waals surface area contributed by atoms with Crippen LogP contribution >= 0.6 is 0 Å². The van der Waals surface area contributed by atoms with E-state index >= 15 is 0 Å². The molecule has 0 fully saturated rings. The van der Waals surface area contributed by atoms with Gasteiger partial charge in [0.15, 0.2) is 0 Å². The Morgan fingerprint density at radius 2 is 1.94 bits per heavy atom. The van der Waals surface area contributed by atoms with E-state index in [9.17, 15) is 9.59 Å². The van der Waals surface area contributed by atoms with E-state index in [0.717, 1.165) is 12.3 Å². The second kappa shape index (κ2) is 6.40. The minimum atomic E-state index is -0.539. The van der Waals surface area contributed by atoms with Gasteiger partial charge in [0.25, 0.3) is 0 Å². The van der Waals surface area contributed by atoms with E-state index < -0.39 is 11.9 Å². The van der Waals surface area contributed by atoms with Gasteiger partial charge in [-0.15, -0.1) is 0 Å². The highest BCUT2D eigenvalue weighted by molar-refractivity contribution is 5.90. The molecule has 1 aromatic rings. The SMILES string of the molecule is CCOC(=O)/C=C\OC(=O)c1ccccc1. The first-order valence-electron chi connectivity index (χ1n) is 4.83. The van der Waals surface area contributed by atoms with Crippen molar-refractivity contribution < 1.29 is 19.1 Å². The summed E-state index contributed by atoms with van der Waals surface area (Å²) in [6.45, 7) is 1.98. The Bertz CT molecular complexity index is 381. The normalized spacial score (nSPS) is 10.1. The lowest BCUT2D eigenvalue weighted by Crippen LogP contribution is -2.02. The summed E-state index contributed by atoms with van der Waals surface area (Å²) in [5, 5.41) is 0. The lowest BCUT2D eigenvalue weighted by molar-refractivity contribution is -0.137. The van der Waals surface area contributed by atoms with Crippen LogP contribution in [0.3, 0.4) is 0 Å². The summed E-state index contributed by atoms with van der Waals surface area (Å²) in [5.74, 6) is -1.05. The monoisotopic (exact) mass is 220 g/mol. The fourth-order valence-corrected chi connectivity index (χ4v) is 0.984. The van der Waals surface area contributed by atoms with Gasteiger partial charge in [0.05, 0.1) is 18.2 Å². The minimum Gasteiger partial charge on any atom is -0.463 e. The molecule has 0 atom stereocenters. The molecule has 0 radical (unpaired) electrons. The third kappa shape index (κ3) is 3.96. The highest BCUT2D eigenvalue weighted by atomic mass is 16.5. The summed E-state index contributed by atoms with van der Waals surface area (Å²) in [5.41, 5.74) is 0.427. The van der Waals surface area contributed by atoms with E-state index in [1.807, 2.05) is 0 Å². The van der Waals surface area contributed by atoms with Gasteiger partial charge in [0.1, 0.15) is 6.26 Å². The smallest absolute Gasteiger partial charge is 0.342 e. The first-order chi connectivity index (χ1) is 7.74. The van der Waals surface area contributed by atoms with Gasteiger partial charge >= 0.3 is 11.9 Å². The molecule has 4 nitrogen and oxygen atoms in total. The van der Waals surface area contributed by atoms with Crippen LogP contribution in [0.4, 0.5) is 0 Å². The molecule has 84 valence electrons. The number of hydrogen-bond acceptors (Lipinski definition) is 4. The third-order valence-corrected chi connectivity index (χ3v) is 1.68. The van der Waals surface area contributed by atoms with Crippen molar-refractivity contribution in [2.24, 2.45) is 0 Å². The van der Waals surface area contributed by atoms with Gasteiger partial charge in [-0.3, -0.25) is 0 Å². The molecule has 0 amide bonds. The van der Waals surface area contributed by atoms with Crippen LogP contribution in [-0.4, -0.2) is 18.5 Å². The summed E-state index contributed by atoms with van der Waals surface area (Å²) in [4.78, 5) is 22.2. The fraction of sp³-hybridized carbons (Fsp3) is 0.167. The molecule has 0 aliphatic rings. The van der Waals surface area contributed by atoms with Crippen LogP contribution in [0, 0.1) is 0 Å². The van der Waals surface area contributed by atoms with Crippen molar-refractivity contribution in [3.8, 4) is 0 Å². The third-order valence-electron chi connectivity index (χ3n) is 1.68. The molecule has 4 heteroatoms. The van der Waals surface area contributed by atoms with Crippen molar-refractivity contribution in [3.63, 3.8) is 0 Å². The number of benzene rings is 1. The zero-order chi connectivity index (χ0) is 11.8. The van der Waals surface area contributed by atoms with E-state index in [2.05, 4.69) is 4.74 Å². The molecule has 0 spiro atoms. The molecule has 0 aliphatic heterocycles. The lowest BCUT2D eigenvalue weighted by Gasteiger charge is -1.98. The molecule has 0 N–H and O–H groups in total. The van der Waals surface area contributed by atoms with Crippen LogP contribution in [0.25, 0.3) is 0 Å². The first-order valence-corrected chi connectivity index (χ1v) is 4.83. The van der Waals surface area contributed by atoms with Crippen molar-refractivity contribution in [1.29, 1.82) is 0 Å². The van der Waals surface area contributed by atoms with E-state index in [0.29, 0.717) is 5.56 Å². The van der Waals surface area contributed by atoms with Gasteiger partial charge in [-0.25, -0.2) is 9.59 Å². The molecule has 1 rings (SSSR count). The fourth-order valence-electron chi connectivity index (χ4n) is 0.984. The summed E-state index contributed by atoms with van der Waals surface area (Å²) < 4.78 is 9.34. The number of carbonyl (C=O) groups is 2. The number of rotatable bonds is 4. The first kappa shape index (κ1) is 12.0. The lowest BCUT2D eigenvalue weighted by atomic mass is 10.2. The predicted molar refractivity (Wildman–Crippen MR) is 57.6 cm³/mol. The largest absolute Gasteiger partial charge is 0.463 e. The van der Waals surface area contributed by atoms with Gasteiger partial charge in [0, 0.05) is 0 Å². The Morgan fingerprint density at radius 1 is 1.25 bits per heavy atom. The van der Waals surface area contributed by atoms with Crippen molar-refractivity contribution in [2.45, 2.75) is 6.92 Å². The Hall–Kier alpha value is -2.10. The van der Waals surface area contributed by atoms with E-state index in [4.69, 9.17) is 4.74 Å². The minimum absolute atomic E-state index is 0.288. The van der Waals surface area contributed by atoms with Crippen molar-refractivity contribution in [2.75, 3.05) is 6.61 Å². The standard InChI is InChI=1S/C12H12O4/c1-2-15-11(13)8-9-16-12(14)10-6-4-3-5-7-10/h3-9H,2H2,1H3/b9-8-. The molecular weight excluding hydrogens is 208 g/mol. The summed E-state index contributed by atoms with van der Waals surface area (Å²) >= 11 is 0. The molecule has 0 unspecified atom stereocenters. The van der Waals surface area contributed by atoms with E-state index in [1.54, 1.807) is 37.3 Å². The second-order valence-corrected chi connectivity index (χ2v) is 2.83. The van der Waals surface area contributed by atoms with Crippen LogP contribution in [0.5, 0.6) is 0 Å². The Labute approximate surface area is 93.5 Å². The molecular formula is C12H12O4. The average molecular weight is 220 g/mol. The van der Waals surface area contributed by atoms with Gasteiger partial charge in [-0.1, -0.05) is 18.2 Å².